The molecule has 1 amide bonds. The molecular formula is C22H22F2N2O3. The van der Waals surface area contributed by atoms with Crippen LogP contribution in [0.15, 0.2) is 42.5 Å². The van der Waals surface area contributed by atoms with E-state index in [-0.39, 0.29) is 12.8 Å². The van der Waals surface area contributed by atoms with Gasteiger partial charge in [-0.2, -0.15) is 5.26 Å². The number of nitrogens with one attached hydrogen (secondary N) is 1. The van der Waals surface area contributed by atoms with Crippen LogP contribution in [0.2, 0.25) is 0 Å². The van der Waals surface area contributed by atoms with Gasteiger partial charge < -0.3 is 10.1 Å². The lowest BCUT2D eigenvalue weighted by molar-refractivity contribution is 0.0498. The van der Waals surface area contributed by atoms with Crippen molar-refractivity contribution in [2.24, 2.45) is 0 Å². The first-order chi connectivity index (χ1) is 13.6. The predicted molar refractivity (Wildman–Crippen MR) is 103 cm³/mol. The fraction of sp³-hybridized carbons (Fsp3) is 0.318. The van der Waals surface area contributed by atoms with Crippen LogP contribution in [0.5, 0.6) is 0 Å². The molecule has 1 N–H and O–H groups in total. The number of rotatable bonds is 6. The van der Waals surface area contributed by atoms with Crippen molar-refractivity contribution in [3.63, 3.8) is 0 Å². The van der Waals surface area contributed by atoms with Gasteiger partial charge in [0, 0.05) is 6.42 Å². The fourth-order valence-electron chi connectivity index (χ4n) is 2.73. The number of ketones is 1. The zero-order chi connectivity index (χ0) is 21.6. The highest BCUT2D eigenvalue weighted by molar-refractivity contribution is 5.96. The third-order valence-corrected chi connectivity index (χ3v) is 4.03. The molecule has 7 heteroatoms. The molecule has 0 saturated carbocycles. The summed E-state index contributed by atoms with van der Waals surface area (Å²) in [5.41, 5.74) is -0.236. The maximum absolute atomic E-state index is 13.8. The summed E-state index contributed by atoms with van der Waals surface area (Å²) >= 11 is 0. The van der Waals surface area contributed by atoms with Crippen molar-refractivity contribution in [1.29, 1.82) is 5.26 Å². The minimum atomic E-state index is -0.926. The lowest BCUT2D eigenvalue weighted by Gasteiger charge is -2.24. The summed E-state index contributed by atoms with van der Waals surface area (Å²) in [5.74, 6) is -2.56. The van der Waals surface area contributed by atoms with Crippen molar-refractivity contribution in [3.8, 4) is 6.07 Å². The first kappa shape index (κ1) is 22.0. The highest BCUT2D eigenvalue weighted by Gasteiger charge is 2.23. The average Bonchev–Trinajstić information content (AvgIpc) is 2.63. The van der Waals surface area contributed by atoms with E-state index in [0.29, 0.717) is 11.1 Å². The number of amides is 1. The number of alkyl carbamates (subject to hydrolysis) is 1. The third kappa shape index (κ3) is 6.39. The highest BCUT2D eigenvalue weighted by atomic mass is 19.1. The van der Waals surface area contributed by atoms with Crippen LogP contribution in [0, 0.1) is 23.0 Å². The number of ether oxygens (including phenoxy) is 1. The summed E-state index contributed by atoms with van der Waals surface area (Å²) in [5, 5.41) is 11.6. The Bertz CT molecular complexity index is 908. The van der Waals surface area contributed by atoms with E-state index in [0.717, 1.165) is 12.1 Å². The Hall–Kier alpha value is -3.27. The number of Topliss-reactive ketones (excluding diaryl/α,β-unsaturated/α-hetero) is 1. The molecule has 2 rings (SSSR count). The molecule has 0 bridgehead atoms. The van der Waals surface area contributed by atoms with Gasteiger partial charge in [0.25, 0.3) is 0 Å². The van der Waals surface area contributed by atoms with E-state index < -0.39 is 40.7 Å². The van der Waals surface area contributed by atoms with Gasteiger partial charge in [-0.05, 0) is 57.0 Å². The first-order valence-electron chi connectivity index (χ1n) is 9.07. The molecule has 0 heterocycles. The van der Waals surface area contributed by atoms with E-state index in [2.05, 4.69) is 5.32 Å². The van der Waals surface area contributed by atoms with Gasteiger partial charge in [0.05, 0.1) is 23.2 Å². The molecule has 0 spiro atoms. The Morgan fingerprint density at radius 3 is 2.21 bits per heavy atom. The lowest BCUT2D eigenvalue weighted by atomic mass is 9.97. The zero-order valence-electron chi connectivity index (χ0n) is 16.5. The summed E-state index contributed by atoms with van der Waals surface area (Å²) in [7, 11) is 0. The van der Waals surface area contributed by atoms with Gasteiger partial charge in [-0.15, -0.1) is 0 Å². The topological polar surface area (TPSA) is 79.2 Å². The monoisotopic (exact) mass is 400 g/mol. The second kappa shape index (κ2) is 9.28. The molecule has 0 aliphatic heterocycles. The minimum Gasteiger partial charge on any atom is -0.444 e. The second-order valence-corrected chi connectivity index (χ2v) is 7.49. The zero-order valence-corrected chi connectivity index (χ0v) is 16.5. The van der Waals surface area contributed by atoms with E-state index >= 15 is 0 Å². The maximum atomic E-state index is 13.8. The number of hydrogen-bond donors (Lipinski definition) is 1. The summed E-state index contributed by atoms with van der Waals surface area (Å²) < 4.78 is 32.9. The smallest absolute Gasteiger partial charge is 0.408 e. The van der Waals surface area contributed by atoms with Gasteiger partial charge in [0.15, 0.2) is 5.78 Å². The van der Waals surface area contributed by atoms with Gasteiger partial charge in [-0.25, -0.2) is 13.6 Å². The van der Waals surface area contributed by atoms with Crippen LogP contribution in [-0.2, 0) is 4.74 Å². The summed E-state index contributed by atoms with van der Waals surface area (Å²) in [6.07, 6.45) is -0.785. The van der Waals surface area contributed by atoms with Crippen molar-refractivity contribution < 1.29 is 23.1 Å². The number of halogens is 2. The number of nitriles is 1. The number of hydrogen-bond acceptors (Lipinski definition) is 4. The van der Waals surface area contributed by atoms with Gasteiger partial charge in [-0.3, -0.25) is 4.79 Å². The Kier molecular flexibility index (Phi) is 7.05. The SMILES string of the molecule is CC(C)(C)OC(=O)NC(CCC(=O)c1c(F)cccc1F)c1ccc(C#N)cc1. The summed E-state index contributed by atoms with van der Waals surface area (Å²) in [4.78, 5) is 24.6. The molecule has 0 fully saturated rings. The molecule has 0 aromatic heterocycles. The van der Waals surface area contributed by atoms with Gasteiger partial charge in [0.2, 0.25) is 0 Å². The normalized spacial score (nSPS) is 12.0. The maximum Gasteiger partial charge on any atom is 0.408 e. The van der Waals surface area contributed by atoms with Crippen molar-refractivity contribution in [2.45, 2.75) is 45.3 Å². The Balaban J connectivity index is 2.19. The molecule has 5 nitrogen and oxygen atoms in total. The van der Waals surface area contributed by atoms with Crippen LogP contribution in [0.4, 0.5) is 13.6 Å². The number of nitrogens with zero attached hydrogens (tertiary/aromatic N) is 1. The Morgan fingerprint density at radius 2 is 1.69 bits per heavy atom. The molecule has 29 heavy (non-hydrogen) atoms. The average molecular weight is 400 g/mol. The molecule has 0 radical (unpaired) electrons. The van der Waals surface area contributed by atoms with E-state index in [1.54, 1.807) is 45.0 Å². The fourth-order valence-corrected chi connectivity index (χ4v) is 2.73. The van der Waals surface area contributed by atoms with Crippen LogP contribution >= 0.6 is 0 Å². The van der Waals surface area contributed by atoms with Crippen molar-refractivity contribution in [1.82, 2.24) is 5.32 Å². The van der Waals surface area contributed by atoms with Crippen LogP contribution in [0.3, 0.4) is 0 Å². The summed E-state index contributed by atoms with van der Waals surface area (Å²) in [6.45, 7) is 5.15. The standard InChI is InChI=1S/C22H22F2N2O3/c1-22(2,3)29-21(28)26-18(15-9-7-14(13-25)8-10-15)11-12-19(27)20-16(23)5-4-6-17(20)24/h4-10,18H,11-12H2,1-3H3,(H,26,28). The molecule has 1 unspecified atom stereocenters. The van der Waals surface area contributed by atoms with E-state index in [4.69, 9.17) is 10.00 Å². The molecule has 152 valence electrons. The number of benzene rings is 2. The lowest BCUT2D eigenvalue weighted by Crippen LogP contribution is -2.35. The molecule has 0 aliphatic rings. The Morgan fingerprint density at radius 1 is 1.10 bits per heavy atom. The summed E-state index contributed by atoms with van der Waals surface area (Å²) in [6, 6.07) is 11.0. The second-order valence-electron chi connectivity index (χ2n) is 7.49. The molecule has 0 aliphatic carbocycles. The predicted octanol–water partition coefficient (Wildman–Crippen LogP) is 5.07. The van der Waals surface area contributed by atoms with Crippen LogP contribution in [0.25, 0.3) is 0 Å². The minimum absolute atomic E-state index is 0.0950. The van der Waals surface area contributed by atoms with Gasteiger partial charge in [0.1, 0.15) is 17.2 Å². The molecule has 2 aromatic rings. The van der Waals surface area contributed by atoms with E-state index in [9.17, 15) is 18.4 Å². The van der Waals surface area contributed by atoms with Crippen LogP contribution in [0.1, 0.15) is 61.1 Å². The number of carbonyl (C=O) groups is 2. The van der Waals surface area contributed by atoms with Gasteiger partial charge in [-0.1, -0.05) is 18.2 Å². The number of carbonyl (C=O) groups excluding carboxylic acids is 2. The molecule has 1 atom stereocenters. The van der Waals surface area contributed by atoms with E-state index in [1.807, 2.05) is 6.07 Å². The first-order valence-corrected chi connectivity index (χ1v) is 9.07. The van der Waals surface area contributed by atoms with E-state index in [1.165, 1.54) is 6.07 Å². The Labute approximate surface area is 168 Å². The molecule has 0 saturated heterocycles. The largest absolute Gasteiger partial charge is 0.444 e. The van der Waals surface area contributed by atoms with Crippen molar-refractivity contribution in [2.75, 3.05) is 0 Å². The van der Waals surface area contributed by atoms with Crippen molar-refractivity contribution in [3.05, 3.63) is 70.8 Å². The van der Waals surface area contributed by atoms with Crippen LogP contribution < -0.4 is 5.32 Å². The van der Waals surface area contributed by atoms with Crippen LogP contribution in [-0.4, -0.2) is 17.5 Å². The highest BCUT2D eigenvalue weighted by Crippen LogP contribution is 2.23. The molecule has 2 aromatic carbocycles. The third-order valence-electron chi connectivity index (χ3n) is 4.03. The molecular weight excluding hydrogens is 378 g/mol. The van der Waals surface area contributed by atoms with Crippen molar-refractivity contribution >= 4 is 11.9 Å². The van der Waals surface area contributed by atoms with Gasteiger partial charge >= 0.3 is 6.09 Å². The quantitative estimate of drug-likeness (QED) is 0.687.